The Morgan fingerprint density at radius 1 is 0.886 bits per heavy atom. The van der Waals surface area contributed by atoms with Crippen molar-refractivity contribution in [1.29, 1.82) is 0 Å². The number of aliphatic carboxylic acids is 1. The van der Waals surface area contributed by atoms with E-state index in [1.54, 1.807) is 24.3 Å². The van der Waals surface area contributed by atoms with Crippen LogP contribution in [0.2, 0.25) is 0 Å². The molecule has 0 heterocycles. The first kappa shape index (κ1) is 26.0. The van der Waals surface area contributed by atoms with E-state index in [1.807, 2.05) is 0 Å². The molecule has 0 saturated heterocycles. The molecule has 0 aromatic heterocycles. The van der Waals surface area contributed by atoms with Crippen LogP contribution < -0.4 is 15.4 Å². The Kier molecular flexibility index (Phi) is 8.31. The number of rotatable bonds is 8. The number of amides is 2. The quantitative estimate of drug-likeness (QED) is 0.378. The van der Waals surface area contributed by atoms with Gasteiger partial charge in [-0.1, -0.05) is 0 Å². The third kappa shape index (κ3) is 7.17. The normalized spacial score (nSPS) is 17.9. The third-order valence-electron chi connectivity index (χ3n) is 5.68. The van der Waals surface area contributed by atoms with Gasteiger partial charge in [0.2, 0.25) is 0 Å². The highest BCUT2D eigenvalue weighted by Crippen LogP contribution is 2.31. The van der Waals surface area contributed by atoms with Crippen molar-refractivity contribution in [3.8, 4) is 5.75 Å². The van der Waals surface area contributed by atoms with Gasteiger partial charge in [0.05, 0.1) is 17.6 Å². The van der Waals surface area contributed by atoms with Crippen molar-refractivity contribution in [2.75, 3.05) is 13.1 Å². The maximum Gasteiger partial charge on any atom is 0.419 e. The summed E-state index contributed by atoms with van der Waals surface area (Å²) in [6, 6.07) is 8.30. The molecule has 1 saturated carbocycles. The molecule has 0 atom stereocenters. The number of halogens is 4. The Morgan fingerprint density at radius 2 is 1.43 bits per heavy atom. The zero-order valence-corrected chi connectivity index (χ0v) is 18.5. The molecule has 0 bridgehead atoms. The number of hydrogen-bond acceptors (Lipinski definition) is 4. The van der Waals surface area contributed by atoms with Gasteiger partial charge in [-0.15, -0.1) is 0 Å². The summed E-state index contributed by atoms with van der Waals surface area (Å²) in [5, 5.41) is 14.0. The number of hydrogen-bond donors (Lipinski definition) is 3. The lowest BCUT2D eigenvalue weighted by molar-refractivity contribution is -0.143. The van der Waals surface area contributed by atoms with Crippen molar-refractivity contribution in [2.45, 2.75) is 38.0 Å². The third-order valence-corrected chi connectivity index (χ3v) is 5.68. The lowest BCUT2D eigenvalue weighted by Crippen LogP contribution is -2.34. The van der Waals surface area contributed by atoms with E-state index in [9.17, 15) is 31.9 Å². The van der Waals surface area contributed by atoms with Gasteiger partial charge in [0.15, 0.2) is 0 Å². The molecule has 188 valence electrons. The van der Waals surface area contributed by atoms with Gasteiger partial charge in [-0.25, -0.2) is 4.39 Å². The van der Waals surface area contributed by atoms with Gasteiger partial charge in [0.1, 0.15) is 11.6 Å². The summed E-state index contributed by atoms with van der Waals surface area (Å²) >= 11 is 0. The van der Waals surface area contributed by atoms with Crippen LogP contribution in [0.5, 0.6) is 5.75 Å². The lowest BCUT2D eigenvalue weighted by atomic mass is 9.87. The van der Waals surface area contributed by atoms with Gasteiger partial charge in [-0.2, -0.15) is 13.2 Å². The standard InChI is InChI=1S/C24H24F4N2O5/c25-20-13-16(5-10-19(20)24(26,27)28)22(32)30-12-11-29-21(31)14-1-6-17(7-2-14)35-18-8-3-15(4-9-18)23(33)34/h1-2,5-7,10,13,15,18H,3-4,8-9,11-12H2,(H,29,31)(H,30,32)(H,33,34). The molecule has 0 radical (unpaired) electrons. The molecule has 3 rings (SSSR count). The van der Waals surface area contributed by atoms with E-state index in [-0.39, 0.29) is 30.7 Å². The van der Waals surface area contributed by atoms with Crippen molar-refractivity contribution >= 4 is 17.8 Å². The Bertz CT molecular complexity index is 1060. The Morgan fingerprint density at radius 3 is 1.94 bits per heavy atom. The van der Waals surface area contributed by atoms with Crippen LogP contribution >= 0.6 is 0 Å². The number of benzene rings is 2. The fraction of sp³-hybridized carbons (Fsp3) is 0.375. The maximum absolute atomic E-state index is 13.6. The summed E-state index contributed by atoms with van der Waals surface area (Å²) in [6.45, 7) is 0.0200. The lowest BCUT2D eigenvalue weighted by Gasteiger charge is -2.26. The number of carbonyl (C=O) groups excluding carboxylic acids is 2. The van der Waals surface area contributed by atoms with Crippen molar-refractivity contribution < 1.29 is 41.8 Å². The summed E-state index contributed by atoms with van der Waals surface area (Å²) in [5.74, 6) is -3.28. The highest BCUT2D eigenvalue weighted by atomic mass is 19.4. The molecule has 2 aromatic rings. The van der Waals surface area contributed by atoms with Crippen LogP contribution in [0.1, 0.15) is 52.0 Å². The summed E-state index contributed by atoms with van der Waals surface area (Å²) in [5.41, 5.74) is -1.37. The minimum absolute atomic E-state index is 0.0204. The largest absolute Gasteiger partial charge is 0.490 e. The molecule has 0 unspecified atom stereocenters. The number of carboxylic acid groups (broad SMARTS) is 1. The van der Waals surface area contributed by atoms with Gasteiger partial charge in [-0.05, 0) is 68.1 Å². The molecule has 0 aliphatic heterocycles. The number of carboxylic acids is 1. The maximum atomic E-state index is 13.6. The monoisotopic (exact) mass is 496 g/mol. The molecule has 2 amide bonds. The molecular formula is C24H24F4N2O5. The smallest absolute Gasteiger partial charge is 0.419 e. The zero-order valence-electron chi connectivity index (χ0n) is 18.5. The van der Waals surface area contributed by atoms with E-state index in [4.69, 9.17) is 9.84 Å². The van der Waals surface area contributed by atoms with Gasteiger partial charge < -0.3 is 20.5 Å². The average molecular weight is 496 g/mol. The molecule has 35 heavy (non-hydrogen) atoms. The van der Waals surface area contributed by atoms with Crippen molar-refractivity contribution in [3.63, 3.8) is 0 Å². The van der Waals surface area contributed by atoms with E-state index in [2.05, 4.69) is 10.6 Å². The van der Waals surface area contributed by atoms with E-state index >= 15 is 0 Å². The minimum atomic E-state index is -4.85. The van der Waals surface area contributed by atoms with Gasteiger partial charge >= 0.3 is 12.1 Å². The Balaban J connectivity index is 1.41. The van der Waals surface area contributed by atoms with Crippen LogP contribution in [0.3, 0.4) is 0 Å². The summed E-state index contributed by atoms with van der Waals surface area (Å²) in [7, 11) is 0. The zero-order chi connectivity index (χ0) is 25.6. The molecule has 1 aliphatic carbocycles. The van der Waals surface area contributed by atoms with Crippen LogP contribution in [0.25, 0.3) is 0 Å². The summed E-state index contributed by atoms with van der Waals surface area (Å²) in [6.07, 6.45) is -2.52. The first-order valence-electron chi connectivity index (χ1n) is 11.0. The van der Waals surface area contributed by atoms with Crippen LogP contribution in [0.15, 0.2) is 42.5 Å². The molecule has 7 nitrogen and oxygen atoms in total. The second kappa shape index (κ2) is 11.2. The highest BCUT2D eigenvalue weighted by Gasteiger charge is 2.34. The van der Waals surface area contributed by atoms with E-state index in [0.29, 0.717) is 49.1 Å². The van der Waals surface area contributed by atoms with Crippen LogP contribution in [-0.4, -0.2) is 42.1 Å². The van der Waals surface area contributed by atoms with E-state index < -0.39 is 35.3 Å². The molecule has 0 spiro atoms. The topological polar surface area (TPSA) is 105 Å². The number of ether oxygens (including phenoxy) is 1. The Labute approximate surface area is 198 Å². The minimum Gasteiger partial charge on any atom is -0.490 e. The highest BCUT2D eigenvalue weighted by molar-refractivity contribution is 5.95. The molecule has 3 N–H and O–H groups in total. The van der Waals surface area contributed by atoms with E-state index in [0.717, 1.165) is 6.07 Å². The first-order chi connectivity index (χ1) is 16.5. The SMILES string of the molecule is O=C(NCCNC(=O)c1ccc(C(F)(F)F)c(F)c1)c1ccc(OC2CCC(C(=O)O)CC2)cc1. The average Bonchev–Trinajstić information content (AvgIpc) is 2.81. The summed E-state index contributed by atoms with van der Waals surface area (Å²) < 4.78 is 57.3. The molecule has 11 heteroatoms. The molecule has 1 fully saturated rings. The predicted molar refractivity (Wildman–Crippen MR) is 117 cm³/mol. The number of alkyl halides is 3. The second-order valence-corrected chi connectivity index (χ2v) is 8.16. The van der Waals surface area contributed by atoms with E-state index in [1.165, 1.54) is 0 Å². The van der Waals surface area contributed by atoms with Gasteiger partial charge in [0, 0.05) is 24.2 Å². The van der Waals surface area contributed by atoms with Crippen LogP contribution in [0.4, 0.5) is 17.6 Å². The van der Waals surface area contributed by atoms with Gasteiger partial charge in [-0.3, -0.25) is 14.4 Å². The molecule has 2 aromatic carbocycles. The van der Waals surface area contributed by atoms with Crippen molar-refractivity contribution in [2.24, 2.45) is 5.92 Å². The second-order valence-electron chi connectivity index (χ2n) is 8.16. The fourth-order valence-corrected chi connectivity index (χ4v) is 3.75. The first-order valence-corrected chi connectivity index (χ1v) is 11.0. The predicted octanol–water partition coefficient (Wildman–Crippen LogP) is 4.03. The van der Waals surface area contributed by atoms with Gasteiger partial charge in [0.25, 0.3) is 11.8 Å². The Hall–Kier alpha value is -3.63. The van der Waals surface area contributed by atoms with Crippen molar-refractivity contribution in [1.82, 2.24) is 10.6 Å². The van der Waals surface area contributed by atoms with Crippen LogP contribution in [-0.2, 0) is 11.0 Å². The van der Waals surface area contributed by atoms with Crippen LogP contribution in [0, 0.1) is 11.7 Å². The molecule has 1 aliphatic rings. The fourth-order valence-electron chi connectivity index (χ4n) is 3.75. The molecular weight excluding hydrogens is 472 g/mol. The van der Waals surface area contributed by atoms with Crippen molar-refractivity contribution in [3.05, 3.63) is 65.0 Å². The number of nitrogens with one attached hydrogen (secondary N) is 2. The number of carbonyl (C=O) groups is 3. The summed E-state index contributed by atoms with van der Waals surface area (Å²) in [4.78, 5) is 35.3.